The highest BCUT2D eigenvalue weighted by molar-refractivity contribution is 7.89. The third-order valence-corrected chi connectivity index (χ3v) is 8.70. The van der Waals surface area contributed by atoms with Crippen LogP contribution in [0.25, 0.3) is 0 Å². The quantitative estimate of drug-likeness (QED) is 0.241. The number of aromatic hydroxyl groups is 1. The van der Waals surface area contributed by atoms with Gasteiger partial charge in [-0.25, -0.2) is 8.42 Å². The van der Waals surface area contributed by atoms with Gasteiger partial charge in [-0.05, 0) is 50.8 Å². The molecule has 0 radical (unpaired) electrons. The van der Waals surface area contributed by atoms with Gasteiger partial charge in [0.1, 0.15) is 10.6 Å². The number of aromatic nitrogens is 1. The maximum absolute atomic E-state index is 13.7. The number of hydrogen-bond acceptors (Lipinski definition) is 8. The molecule has 11 heteroatoms. The number of hydrogen-bond donors (Lipinski definition) is 2. The van der Waals surface area contributed by atoms with Crippen molar-refractivity contribution < 1.29 is 23.4 Å². The highest BCUT2D eigenvalue weighted by Gasteiger charge is 2.30. The van der Waals surface area contributed by atoms with Crippen molar-refractivity contribution in [1.29, 1.82) is 0 Å². The van der Waals surface area contributed by atoms with Crippen LogP contribution in [0.4, 0.5) is 11.4 Å². The fourth-order valence-corrected chi connectivity index (χ4v) is 6.05. The second kappa shape index (κ2) is 14.5. The maximum Gasteiger partial charge on any atom is 0.281 e. The fraction of sp³-hybridized carbons (Fsp3) is 0.593. The van der Waals surface area contributed by atoms with Gasteiger partial charge in [0.05, 0.1) is 26.4 Å². The number of aliphatic hydroxyl groups excluding tert-OH is 1. The highest BCUT2D eigenvalue weighted by atomic mass is 32.2. The molecule has 10 nitrogen and oxygen atoms in total. The smallest absolute Gasteiger partial charge is 0.281 e. The molecule has 0 saturated heterocycles. The molecule has 1 unspecified atom stereocenters. The van der Waals surface area contributed by atoms with Gasteiger partial charge in [-0.3, -0.25) is 9.36 Å². The Bertz CT molecular complexity index is 1260. The molecule has 1 aromatic carbocycles. The van der Waals surface area contributed by atoms with Gasteiger partial charge in [-0.1, -0.05) is 45.7 Å². The van der Waals surface area contributed by atoms with Crippen LogP contribution in [0.2, 0.25) is 0 Å². The van der Waals surface area contributed by atoms with Gasteiger partial charge in [0.2, 0.25) is 10.0 Å². The number of sulfonamides is 1. The summed E-state index contributed by atoms with van der Waals surface area (Å²) in [6.45, 7) is 11.8. The largest absolute Gasteiger partial charge is 0.494 e. The van der Waals surface area contributed by atoms with Gasteiger partial charge in [-0.2, -0.15) is 4.31 Å². The van der Waals surface area contributed by atoms with Crippen molar-refractivity contribution >= 4 is 21.4 Å². The molecule has 0 amide bonds. The van der Waals surface area contributed by atoms with E-state index in [9.17, 15) is 18.3 Å². The third kappa shape index (κ3) is 7.72. The van der Waals surface area contributed by atoms with Crippen molar-refractivity contribution in [2.24, 2.45) is 16.1 Å². The minimum atomic E-state index is -3.88. The normalized spacial score (nSPS) is 13.2. The lowest BCUT2D eigenvalue weighted by molar-refractivity contribution is 0.0853. The topological polar surface area (TPSA) is 134 Å². The fourth-order valence-electron chi connectivity index (χ4n) is 4.25. The average molecular weight is 551 g/mol. The summed E-state index contributed by atoms with van der Waals surface area (Å²) in [7, 11) is -3.88. The zero-order valence-electron chi connectivity index (χ0n) is 23.3. The van der Waals surface area contributed by atoms with E-state index in [4.69, 9.17) is 9.84 Å². The van der Waals surface area contributed by atoms with Gasteiger partial charge in [0.15, 0.2) is 11.6 Å². The Morgan fingerprint density at radius 3 is 2.37 bits per heavy atom. The molecule has 0 saturated carbocycles. The summed E-state index contributed by atoms with van der Waals surface area (Å²) in [5, 5.41) is 27.8. The average Bonchev–Trinajstić information content (AvgIpc) is 2.87. The zero-order chi connectivity index (χ0) is 28.5. The highest BCUT2D eigenvalue weighted by Crippen LogP contribution is 2.31. The van der Waals surface area contributed by atoms with Crippen LogP contribution in [0.1, 0.15) is 58.1 Å². The molecule has 0 aliphatic heterocycles. The molecule has 0 aliphatic rings. The standard InChI is InChI=1S/C27H42N4O6S/c1-7-31(20(4)12-10-11-19(2)3)38(35,36)24-14-9-8-13-23(24)28-29-25-21(5)22(6)26(33)30(27(25)34)15-17-37-18-16-32/h8-9,13-14,19-20,32-33H,7,10-12,15-18H2,1-6H3. The first-order valence-electron chi connectivity index (χ1n) is 13.1. The summed E-state index contributed by atoms with van der Waals surface area (Å²) in [6.07, 6.45) is 2.72. The maximum atomic E-state index is 13.7. The van der Waals surface area contributed by atoms with Gasteiger partial charge in [0, 0.05) is 18.2 Å². The summed E-state index contributed by atoms with van der Waals surface area (Å²) in [4.78, 5) is 13.2. The number of aliphatic hydroxyl groups is 1. The minimum Gasteiger partial charge on any atom is -0.494 e. The first kappa shape index (κ1) is 31.6. The van der Waals surface area contributed by atoms with Crippen LogP contribution in [0, 0.1) is 19.8 Å². The van der Waals surface area contributed by atoms with Gasteiger partial charge < -0.3 is 14.9 Å². The van der Waals surface area contributed by atoms with Gasteiger partial charge in [-0.15, -0.1) is 10.2 Å². The summed E-state index contributed by atoms with van der Waals surface area (Å²) < 4.78 is 35.2. The molecule has 0 spiro atoms. The van der Waals surface area contributed by atoms with Gasteiger partial charge >= 0.3 is 0 Å². The Balaban J connectivity index is 2.44. The van der Waals surface area contributed by atoms with E-state index in [0.29, 0.717) is 23.6 Å². The van der Waals surface area contributed by atoms with Crippen molar-refractivity contribution in [1.82, 2.24) is 8.87 Å². The lowest BCUT2D eigenvalue weighted by Crippen LogP contribution is -2.38. The van der Waals surface area contributed by atoms with E-state index in [2.05, 4.69) is 24.1 Å². The predicted octanol–water partition coefficient (Wildman–Crippen LogP) is 4.82. The summed E-state index contributed by atoms with van der Waals surface area (Å²) in [5.41, 5.74) is 0.454. The number of azo groups is 1. The number of nitrogens with zero attached hydrogens (tertiary/aromatic N) is 4. The molecule has 0 bridgehead atoms. The molecule has 2 aromatic rings. The van der Waals surface area contributed by atoms with E-state index in [1.807, 2.05) is 13.8 Å². The molecule has 212 valence electrons. The number of pyridine rings is 1. The van der Waals surface area contributed by atoms with Crippen LogP contribution in [-0.4, -0.2) is 59.9 Å². The van der Waals surface area contributed by atoms with Crippen LogP contribution in [0.3, 0.4) is 0 Å². The Morgan fingerprint density at radius 1 is 1.05 bits per heavy atom. The van der Waals surface area contributed by atoms with Crippen LogP contribution >= 0.6 is 0 Å². The Labute approximate surface area is 226 Å². The lowest BCUT2D eigenvalue weighted by atomic mass is 10.0. The van der Waals surface area contributed by atoms with Gasteiger partial charge in [0.25, 0.3) is 5.56 Å². The lowest BCUT2D eigenvalue weighted by Gasteiger charge is -2.27. The number of rotatable bonds is 15. The SMILES string of the molecule is CCN(C(C)CCCC(C)C)S(=O)(=O)c1ccccc1N=Nc1c(C)c(C)c(O)n(CCOCCO)c1=O. The van der Waals surface area contributed by atoms with E-state index < -0.39 is 15.6 Å². The molecule has 0 aliphatic carbocycles. The Hall–Kier alpha value is -2.60. The summed E-state index contributed by atoms with van der Waals surface area (Å²) in [5.74, 6) is 0.353. The van der Waals surface area contributed by atoms with E-state index in [0.717, 1.165) is 23.8 Å². The Morgan fingerprint density at radius 2 is 1.74 bits per heavy atom. The molecule has 2 rings (SSSR count). The first-order chi connectivity index (χ1) is 18.0. The Kier molecular flexibility index (Phi) is 12.1. The molecule has 2 N–H and O–H groups in total. The monoisotopic (exact) mass is 550 g/mol. The van der Waals surface area contributed by atoms with Crippen molar-refractivity contribution in [3.05, 3.63) is 45.7 Å². The van der Waals surface area contributed by atoms with Crippen molar-refractivity contribution in [2.75, 3.05) is 26.4 Å². The second-order valence-corrected chi connectivity index (χ2v) is 11.6. The van der Waals surface area contributed by atoms with Crippen molar-refractivity contribution in [3.8, 4) is 5.88 Å². The number of ether oxygens (including phenoxy) is 1. The molecule has 38 heavy (non-hydrogen) atoms. The molecular weight excluding hydrogens is 508 g/mol. The molecule has 1 atom stereocenters. The first-order valence-corrected chi connectivity index (χ1v) is 14.5. The van der Waals surface area contributed by atoms with Crippen LogP contribution in [0.5, 0.6) is 5.88 Å². The zero-order valence-corrected chi connectivity index (χ0v) is 24.2. The molecule has 1 aromatic heterocycles. The van der Waals surface area contributed by atoms with Crippen LogP contribution < -0.4 is 5.56 Å². The predicted molar refractivity (Wildman–Crippen MR) is 148 cm³/mol. The third-order valence-electron chi connectivity index (χ3n) is 6.57. The van der Waals surface area contributed by atoms with E-state index >= 15 is 0 Å². The summed E-state index contributed by atoms with van der Waals surface area (Å²) in [6, 6.07) is 6.17. The number of benzene rings is 1. The minimum absolute atomic E-state index is 0.00376. The van der Waals surface area contributed by atoms with Crippen LogP contribution in [-0.2, 0) is 21.3 Å². The van der Waals surface area contributed by atoms with Crippen LogP contribution in [0.15, 0.2) is 44.2 Å². The summed E-state index contributed by atoms with van der Waals surface area (Å²) >= 11 is 0. The van der Waals surface area contributed by atoms with Crippen molar-refractivity contribution in [2.45, 2.75) is 78.3 Å². The van der Waals surface area contributed by atoms with E-state index in [1.165, 1.54) is 10.4 Å². The molecular formula is C27H42N4O6S. The van der Waals surface area contributed by atoms with E-state index in [1.54, 1.807) is 32.0 Å². The molecule has 0 fully saturated rings. The second-order valence-electron chi connectivity index (χ2n) is 9.76. The van der Waals surface area contributed by atoms with E-state index in [-0.39, 0.29) is 54.6 Å². The van der Waals surface area contributed by atoms with Crippen molar-refractivity contribution in [3.63, 3.8) is 0 Å². The molecule has 1 heterocycles.